The van der Waals surface area contributed by atoms with E-state index in [4.69, 9.17) is 4.74 Å². The van der Waals surface area contributed by atoms with Crippen LogP contribution in [0.3, 0.4) is 0 Å². The average molecular weight is 273 g/mol. The molecule has 4 heteroatoms. The van der Waals surface area contributed by atoms with E-state index in [9.17, 15) is 10.2 Å². The van der Waals surface area contributed by atoms with Gasteiger partial charge in [-0.1, -0.05) is 6.07 Å². The highest BCUT2D eigenvalue weighted by atomic mass is 79.9. The van der Waals surface area contributed by atoms with Gasteiger partial charge in [-0.15, -0.1) is 0 Å². The third-order valence-corrected chi connectivity index (χ3v) is 3.35. The highest BCUT2D eigenvalue weighted by Crippen LogP contribution is 2.43. The summed E-state index contributed by atoms with van der Waals surface area (Å²) in [6.07, 6.45) is 2.19. The molecule has 82 valence electrons. The summed E-state index contributed by atoms with van der Waals surface area (Å²) < 4.78 is 5.74. The van der Waals surface area contributed by atoms with Crippen molar-refractivity contribution in [1.29, 1.82) is 0 Å². The van der Waals surface area contributed by atoms with Gasteiger partial charge in [0.25, 0.3) is 0 Å². The maximum absolute atomic E-state index is 9.81. The summed E-state index contributed by atoms with van der Waals surface area (Å²) in [5.41, 5.74) is 0.270. The lowest BCUT2D eigenvalue weighted by atomic mass is 10.1. The van der Waals surface area contributed by atoms with Gasteiger partial charge in [0.15, 0.2) is 11.5 Å². The van der Waals surface area contributed by atoms with E-state index in [1.807, 2.05) is 6.07 Å². The fourth-order valence-electron chi connectivity index (χ4n) is 1.63. The largest absolute Gasteiger partial charge is 0.503 e. The molecule has 2 N–H and O–H groups in total. The first-order valence-electron chi connectivity index (χ1n) is 4.82. The van der Waals surface area contributed by atoms with Gasteiger partial charge in [-0.3, -0.25) is 0 Å². The summed E-state index contributed by atoms with van der Waals surface area (Å²) in [5, 5.41) is 19.6. The number of ether oxygens (including phenoxy) is 1. The van der Waals surface area contributed by atoms with Gasteiger partial charge in [0.05, 0.1) is 17.2 Å². The van der Waals surface area contributed by atoms with Gasteiger partial charge in [0.1, 0.15) is 0 Å². The Kier molecular flexibility index (Phi) is 2.64. The molecule has 3 nitrogen and oxygen atoms in total. The molecule has 2 rings (SSSR count). The summed E-state index contributed by atoms with van der Waals surface area (Å²) in [6, 6.07) is 3.62. The fourth-order valence-corrected chi connectivity index (χ4v) is 1.94. The van der Waals surface area contributed by atoms with E-state index in [1.54, 1.807) is 6.07 Å². The summed E-state index contributed by atoms with van der Waals surface area (Å²) >= 11 is 3.22. The zero-order chi connectivity index (χ0) is 11.1. The topological polar surface area (TPSA) is 49.7 Å². The van der Waals surface area contributed by atoms with Gasteiger partial charge in [0.2, 0.25) is 0 Å². The van der Waals surface area contributed by atoms with Crippen LogP contribution in [0.5, 0.6) is 11.5 Å². The third-order valence-electron chi connectivity index (χ3n) is 2.71. The Morgan fingerprint density at radius 1 is 1.47 bits per heavy atom. The zero-order valence-electron chi connectivity index (χ0n) is 8.46. The van der Waals surface area contributed by atoms with E-state index >= 15 is 0 Å². The van der Waals surface area contributed by atoms with Gasteiger partial charge >= 0.3 is 0 Å². The lowest BCUT2D eigenvalue weighted by molar-refractivity contribution is 0.149. The Morgan fingerprint density at radius 3 is 2.67 bits per heavy atom. The van der Waals surface area contributed by atoms with Crippen molar-refractivity contribution in [2.24, 2.45) is 0 Å². The number of rotatable bonds is 3. The zero-order valence-corrected chi connectivity index (χ0v) is 10.0. The van der Waals surface area contributed by atoms with Gasteiger partial charge in [0, 0.05) is 12.0 Å². The molecule has 1 saturated carbocycles. The van der Waals surface area contributed by atoms with Gasteiger partial charge in [-0.2, -0.15) is 0 Å². The van der Waals surface area contributed by atoms with Gasteiger partial charge < -0.3 is 14.9 Å². The van der Waals surface area contributed by atoms with E-state index in [0.717, 1.165) is 18.4 Å². The van der Waals surface area contributed by atoms with E-state index in [0.29, 0.717) is 16.6 Å². The van der Waals surface area contributed by atoms with Gasteiger partial charge in [-0.25, -0.2) is 0 Å². The first-order chi connectivity index (χ1) is 7.06. The number of hydrogen-bond donors (Lipinski definition) is 2. The predicted octanol–water partition coefficient (Wildman–Crippen LogP) is 2.23. The molecule has 0 aliphatic heterocycles. The Balaban J connectivity index is 2.34. The first-order valence-corrected chi connectivity index (χ1v) is 5.62. The van der Waals surface area contributed by atoms with E-state index < -0.39 is 5.60 Å². The van der Waals surface area contributed by atoms with Crippen LogP contribution < -0.4 is 4.74 Å². The van der Waals surface area contributed by atoms with Crippen LogP contribution in [0.15, 0.2) is 16.6 Å². The maximum atomic E-state index is 9.81. The number of hydrogen-bond acceptors (Lipinski definition) is 3. The predicted molar refractivity (Wildman–Crippen MR) is 60.2 cm³/mol. The molecule has 0 radical (unpaired) electrons. The van der Waals surface area contributed by atoms with Crippen LogP contribution in [0.25, 0.3) is 0 Å². The summed E-state index contributed by atoms with van der Waals surface area (Å²) in [7, 11) is 1.52. The van der Waals surface area contributed by atoms with Crippen molar-refractivity contribution in [3.63, 3.8) is 0 Å². The molecule has 0 atom stereocenters. The van der Waals surface area contributed by atoms with Crippen molar-refractivity contribution in [3.05, 3.63) is 22.2 Å². The molecule has 0 amide bonds. The molecule has 0 unspecified atom stereocenters. The summed E-state index contributed by atoms with van der Waals surface area (Å²) in [5.74, 6) is 0.545. The van der Waals surface area contributed by atoms with Crippen LogP contribution in [0.2, 0.25) is 0 Å². The number of benzene rings is 1. The highest BCUT2D eigenvalue weighted by molar-refractivity contribution is 9.10. The van der Waals surface area contributed by atoms with Crippen LogP contribution in [-0.2, 0) is 6.42 Å². The van der Waals surface area contributed by atoms with E-state index in [-0.39, 0.29) is 5.75 Å². The average Bonchev–Trinajstić information content (AvgIpc) is 2.91. The fraction of sp³-hybridized carbons (Fsp3) is 0.455. The maximum Gasteiger partial charge on any atom is 0.172 e. The van der Waals surface area contributed by atoms with Crippen molar-refractivity contribution in [2.45, 2.75) is 24.9 Å². The van der Waals surface area contributed by atoms with Crippen molar-refractivity contribution in [1.82, 2.24) is 0 Å². The molecule has 0 saturated heterocycles. The Labute approximate surface area is 96.8 Å². The summed E-state index contributed by atoms with van der Waals surface area (Å²) in [6.45, 7) is 0. The number of aromatic hydroxyl groups is 1. The van der Waals surface area contributed by atoms with Crippen molar-refractivity contribution in [2.75, 3.05) is 7.11 Å². The van der Waals surface area contributed by atoms with Crippen molar-refractivity contribution in [3.8, 4) is 11.5 Å². The number of phenols is 1. The minimum absolute atomic E-state index is 0.0965. The SMILES string of the molecule is COc1c(CC2(O)CC2)ccc(Br)c1O. The molecule has 0 bridgehead atoms. The number of aliphatic hydroxyl groups is 1. The lowest BCUT2D eigenvalue weighted by Crippen LogP contribution is -2.11. The Bertz CT molecular complexity index is 386. The van der Waals surface area contributed by atoms with E-state index in [2.05, 4.69) is 15.9 Å². The second kappa shape index (κ2) is 3.68. The van der Waals surface area contributed by atoms with Crippen LogP contribution in [0.1, 0.15) is 18.4 Å². The number of phenolic OH excluding ortho intramolecular Hbond substituents is 1. The van der Waals surface area contributed by atoms with Gasteiger partial charge in [-0.05, 0) is 34.8 Å². The van der Waals surface area contributed by atoms with Crippen LogP contribution in [0, 0.1) is 0 Å². The van der Waals surface area contributed by atoms with E-state index in [1.165, 1.54) is 7.11 Å². The molecular weight excluding hydrogens is 260 g/mol. The molecular formula is C11H13BrO3. The molecule has 0 heterocycles. The second-order valence-electron chi connectivity index (χ2n) is 3.99. The monoisotopic (exact) mass is 272 g/mol. The molecule has 0 spiro atoms. The minimum atomic E-state index is -0.576. The number of methoxy groups -OCH3 is 1. The molecule has 1 aliphatic carbocycles. The smallest absolute Gasteiger partial charge is 0.172 e. The quantitative estimate of drug-likeness (QED) is 0.887. The Hall–Kier alpha value is -0.740. The normalized spacial score (nSPS) is 17.5. The molecule has 15 heavy (non-hydrogen) atoms. The molecule has 1 aromatic rings. The summed E-state index contributed by atoms with van der Waals surface area (Å²) in [4.78, 5) is 0. The highest BCUT2D eigenvalue weighted by Gasteiger charge is 2.41. The molecule has 1 aliphatic rings. The van der Waals surface area contributed by atoms with Crippen LogP contribution in [-0.4, -0.2) is 22.9 Å². The minimum Gasteiger partial charge on any atom is -0.503 e. The molecule has 1 fully saturated rings. The standard InChI is InChI=1S/C11H13BrO3/c1-15-10-7(6-11(14)4-5-11)2-3-8(12)9(10)13/h2-3,13-14H,4-6H2,1H3. The second-order valence-corrected chi connectivity index (χ2v) is 4.84. The lowest BCUT2D eigenvalue weighted by Gasteiger charge is -2.13. The van der Waals surface area contributed by atoms with Crippen molar-refractivity contribution < 1.29 is 14.9 Å². The molecule has 1 aromatic carbocycles. The third kappa shape index (κ3) is 2.11. The van der Waals surface area contributed by atoms with Crippen molar-refractivity contribution >= 4 is 15.9 Å². The number of halogens is 1. The first kappa shape index (κ1) is 10.8. The van der Waals surface area contributed by atoms with Crippen LogP contribution in [0.4, 0.5) is 0 Å². The Morgan fingerprint density at radius 2 is 2.13 bits per heavy atom. The van der Waals surface area contributed by atoms with Crippen LogP contribution >= 0.6 is 15.9 Å². The molecule has 0 aromatic heterocycles.